The van der Waals surface area contributed by atoms with Crippen LogP contribution in [0.15, 0.2) is 47.0 Å². The summed E-state index contributed by atoms with van der Waals surface area (Å²) in [6.45, 7) is 1.84. The van der Waals surface area contributed by atoms with Crippen molar-refractivity contribution in [3.05, 3.63) is 64.8 Å². The highest BCUT2D eigenvalue weighted by Crippen LogP contribution is 2.25. The molecule has 3 rings (SSSR count). The molecule has 9 nitrogen and oxygen atoms in total. The number of benzene rings is 1. The molecule has 0 bridgehead atoms. The van der Waals surface area contributed by atoms with Crippen LogP contribution in [0, 0.1) is 11.3 Å². The maximum absolute atomic E-state index is 13.1. The summed E-state index contributed by atoms with van der Waals surface area (Å²) in [5, 5.41) is 16.7. The second-order valence-electron chi connectivity index (χ2n) is 6.08. The third kappa shape index (κ3) is 5.21. The van der Waals surface area contributed by atoms with E-state index < -0.39 is 6.10 Å². The van der Waals surface area contributed by atoms with Crippen LogP contribution in [-0.2, 0) is 17.9 Å². The summed E-state index contributed by atoms with van der Waals surface area (Å²) in [6, 6.07) is 12.0. The molecule has 0 fully saturated rings. The number of amides is 1. The normalized spacial score (nSPS) is 11.5. The Kier molecular flexibility index (Phi) is 6.26. The standard InChI is InChI=1S/C19H17ClN6O3/c1-12(28-16-5-3-2-4-15(16)20)18(27)26(11-17-24-25-19(22)29-17)10-13-6-7-14(8-21)23-9-13/h2-7,9,12H,10-11H2,1H3,(H2,22,25)/t12-/m1/s1. The van der Waals surface area contributed by atoms with Gasteiger partial charge < -0.3 is 19.8 Å². The smallest absolute Gasteiger partial charge is 0.312 e. The van der Waals surface area contributed by atoms with Crippen LogP contribution in [0.5, 0.6) is 5.75 Å². The van der Waals surface area contributed by atoms with Gasteiger partial charge in [-0.3, -0.25) is 4.79 Å². The molecule has 10 heteroatoms. The lowest BCUT2D eigenvalue weighted by Gasteiger charge is -2.25. The van der Waals surface area contributed by atoms with Crippen LogP contribution < -0.4 is 10.5 Å². The summed E-state index contributed by atoms with van der Waals surface area (Å²) >= 11 is 6.11. The lowest BCUT2D eigenvalue weighted by Crippen LogP contribution is -2.39. The first-order valence-corrected chi connectivity index (χ1v) is 8.97. The number of halogens is 1. The van der Waals surface area contributed by atoms with Gasteiger partial charge in [-0.15, -0.1) is 5.10 Å². The summed E-state index contributed by atoms with van der Waals surface area (Å²) in [4.78, 5) is 18.6. The summed E-state index contributed by atoms with van der Waals surface area (Å²) in [6.07, 6.45) is 0.696. The molecule has 0 saturated carbocycles. The first-order valence-electron chi connectivity index (χ1n) is 8.59. The molecule has 0 aliphatic carbocycles. The average Bonchev–Trinajstić information content (AvgIpc) is 3.14. The number of nitriles is 1. The van der Waals surface area contributed by atoms with Crippen LogP contribution in [-0.4, -0.2) is 32.1 Å². The van der Waals surface area contributed by atoms with Crippen molar-refractivity contribution in [2.45, 2.75) is 26.1 Å². The van der Waals surface area contributed by atoms with Crippen molar-refractivity contribution in [1.82, 2.24) is 20.1 Å². The van der Waals surface area contributed by atoms with Gasteiger partial charge in [0, 0.05) is 12.7 Å². The molecule has 1 amide bonds. The van der Waals surface area contributed by atoms with E-state index in [2.05, 4.69) is 15.2 Å². The van der Waals surface area contributed by atoms with E-state index in [0.29, 0.717) is 10.8 Å². The summed E-state index contributed by atoms with van der Waals surface area (Å²) in [5.74, 6) is 0.255. The highest BCUT2D eigenvalue weighted by Gasteiger charge is 2.25. The molecule has 1 aromatic carbocycles. The number of carbonyl (C=O) groups is 1. The van der Waals surface area contributed by atoms with E-state index in [1.807, 2.05) is 6.07 Å². The van der Waals surface area contributed by atoms with Crippen molar-refractivity contribution in [3.8, 4) is 11.8 Å². The quantitative estimate of drug-likeness (QED) is 0.626. The van der Waals surface area contributed by atoms with Crippen molar-refractivity contribution < 1.29 is 13.9 Å². The van der Waals surface area contributed by atoms with Crippen LogP contribution in [0.4, 0.5) is 6.01 Å². The summed E-state index contributed by atoms with van der Waals surface area (Å²) in [7, 11) is 0. The number of carbonyl (C=O) groups excluding carboxylic acids is 1. The highest BCUT2D eigenvalue weighted by atomic mass is 35.5. The van der Waals surface area contributed by atoms with E-state index in [1.165, 1.54) is 11.1 Å². The maximum Gasteiger partial charge on any atom is 0.312 e. The zero-order chi connectivity index (χ0) is 20.8. The van der Waals surface area contributed by atoms with Crippen LogP contribution in [0.3, 0.4) is 0 Å². The van der Waals surface area contributed by atoms with Gasteiger partial charge in [-0.2, -0.15) is 5.26 Å². The van der Waals surface area contributed by atoms with Gasteiger partial charge in [0.25, 0.3) is 5.91 Å². The van der Waals surface area contributed by atoms with E-state index in [-0.39, 0.29) is 36.6 Å². The number of aromatic nitrogens is 3. The lowest BCUT2D eigenvalue weighted by molar-refractivity contribution is -0.139. The molecule has 2 N–H and O–H groups in total. The molecule has 2 aromatic heterocycles. The number of ether oxygens (including phenoxy) is 1. The Morgan fingerprint density at radius 3 is 2.72 bits per heavy atom. The number of rotatable bonds is 7. The number of anilines is 1. The van der Waals surface area contributed by atoms with Gasteiger partial charge in [0.05, 0.1) is 11.6 Å². The predicted molar refractivity (Wildman–Crippen MR) is 103 cm³/mol. The molecule has 0 aliphatic heterocycles. The van der Waals surface area contributed by atoms with Crippen LogP contribution in [0.2, 0.25) is 5.02 Å². The van der Waals surface area contributed by atoms with Gasteiger partial charge in [-0.05, 0) is 30.7 Å². The Hall–Kier alpha value is -3.64. The lowest BCUT2D eigenvalue weighted by atomic mass is 10.2. The fourth-order valence-electron chi connectivity index (χ4n) is 2.55. The summed E-state index contributed by atoms with van der Waals surface area (Å²) < 4.78 is 10.9. The first-order chi connectivity index (χ1) is 14.0. The maximum atomic E-state index is 13.1. The van der Waals surface area contributed by atoms with Gasteiger partial charge in [0.15, 0.2) is 6.10 Å². The Bertz CT molecular complexity index is 1030. The third-order valence-corrected chi connectivity index (χ3v) is 4.23. The number of hydrogen-bond donors (Lipinski definition) is 1. The number of nitrogen functional groups attached to an aromatic ring is 1. The Morgan fingerprint density at radius 2 is 2.10 bits per heavy atom. The molecular formula is C19H17ClN6O3. The van der Waals surface area contributed by atoms with Crippen molar-refractivity contribution in [1.29, 1.82) is 5.26 Å². The minimum absolute atomic E-state index is 0.0270. The van der Waals surface area contributed by atoms with E-state index in [0.717, 1.165) is 5.56 Å². The molecule has 1 atom stereocenters. The monoisotopic (exact) mass is 412 g/mol. The predicted octanol–water partition coefficient (Wildman–Crippen LogP) is 2.57. The largest absolute Gasteiger partial charge is 0.479 e. The molecular weight excluding hydrogens is 396 g/mol. The van der Waals surface area contributed by atoms with E-state index in [4.69, 9.17) is 31.8 Å². The van der Waals surface area contributed by atoms with Gasteiger partial charge in [-0.25, -0.2) is 4.98 Å². The molecule has 3 aromatic rings. The molecule has 0 aliphatic rings. The molecule has 0 unspecified atom stereocenters. The van der Waals surface area contributed by atoms with E-state index in [9.17, 15) is 4.79 Å². The zero-order valence-electron chi connectivity index (χ0n) is 15.4. The minimum Gasteiger partial charge on any atom is -0.479 e. The fraction of sp³-hybridized carbons (Fsp3) is 0.211. The van der Waals surface area contributed by atoms with Crippen LogP contribution in [0.1, 0.15) is 24.1 Å². The number of para-hydroxylation sites is 1. The SMILES string of the molecule is C[C@@H](Oc1ccccc1Cl)C(=O)N(Cc1ccc(C#N)nc1)Cc1nnc(N)o1. The van der Waals surface area contributed by atoms with Crippen molar-refractivity contribution in [2.24, 2.45) is 0 Å². The number of nitrogens with two attached hydrogens (primary N) is 1. The second-order valence-corrected chi connectivity index (χ2v) is 6.49. The second kappa shape index (κ2) is 9.03. The highest BCUT2D eigenvalue weighted by molar-refractivity contribution is 6.32. The Labute approximate surface area is 171 Å². The van der Waals surface area contributed by atoms with Crippen LogP contribution in [0.25, 0.3) is 0 Å². The van der Waals surface area contributed by atoms with Crippen LogP contribution >= 0.6 is 11.6 Å². The number of hydrogen-bond acceptors (Lipinski definition) is 8. The molecule has 0 spiro atoms. The molecule has 29 heavy (non-hydrogen) atoms. The van der Waals surface area contributed by atoms with Gasteiger partial charge in [-0.1, -0.05) is 34.9 Å². The molecule has 148 valence electrons. The molecule has 0 radical (unpaired) electrons. The fourth-order valence-corrected chi connectivity index (χ4v) is 2.73. The van der Waals surface area contributed by atoms with Gasteiger partial charge in [0.1, 0.15) is 17.5 Å². The number of nitrogens with zero attached hydrogens (tertiary/aromatic N) is 5. The minimum atomic E-state index is -0.832. The third-order valence-electron chi connectivity index (χ3n) is 3.92. The van der Waals surface area contributed by atoms with Crippen molar-refractivity contribution in [2.75, 3.05) is 5.73 Å². The number of pyridine rings is 1. The van der Waals surface area contributed by atoms with Crippen molar-refractivity contribution >= 4 is 23.5 Å². The topological polar surface area (TPSA) is 131 Å². The molecule has 2 heterocycles. The van der Waals surface area contributed by atoms with Gasteiger partial charge in [0.2, 0.25) is 5.89 Å². The Morgan fingerprint density at radius 1 is 1.31 bits per heavy atom. The van der Waals surface area contributed by atoms with E-state index in [1.54, 1.807) is 43.3 Å². The van der Waals surface area contributed by atoms with Gasteiger partial charge >= 0.3 is 6.01 Å². The van der Waals surface area contributed by atoms with E-state index >= 15 is 0 Å². The van der Waals surface area contributed by atoms with Crippen molar-refractivity contribution in [3.63, 3.8) is 0 Å². The zero-order valence-corrected chi connectivity index (χ0v) is 16.2. The summed E-state index contributed by atoms with van der Waals surface area (Å²) in [5.41, 5.74) is 6.47. The molecule has 0 saturated heterocycles. The Balaban J connectivity index is 1.79. The first kappa shape index (κ1) is 20.1. The average molecular weight is 413 g/mol.